The summed E-state index contributed by atoms with van der Waals surface area (Å²) in [6.45, 7) is 7.80. The van der Waals surface area contributed by atoms with Crippen LogP contribution in [-0.2, 0) is 16.4 Å². The summed E-state index contributed by atoms with van der Waals surface area (Å²) in [5.41, 5.74) is 6.86. The Morgan fingerprint density at radius 2 is 1.81 bits per heavy atom. The van der Waals surface area contributed by atoms with Crippen molar-refractivity contribution in [1.82, 2.24) is 9.29 Å². The smallest absolute Gasteiger partial charge is 0.264 e. The lowest BCUT2D eigenvalue weighted by molar-refractivity contribution is 0.500. The molecule has 0 aliphatic heterocycles. The second kappa shape index (κ2) is 7.24. The number of fused-ring (bicyclic) bond motifs is 1. The number of aromatic amines is 1. The Balaban J connectivity index is 1.90. The monoisotopic (exact) mass is 366 g/mol. The van der Waals surface area contributed by atoms with Gasteiger partial charge in [-0.15, -0.1) is 5.73 Å². The van der Waals surface area contributed by atoms with Gasteiger partial charge in [0.1, 0.15) is 0 Å². The summed E-state index contributed by atoms with van der Waals surface area (Å²) in [5, 5.41) is 1.13. The van der Waals surface area contributed by atoms with E-state index in [1.54, 1.807) is 24.3 Å². The van der Waals surface area contributed by atoms with E-state index in [0.29, 0.717) is 13.0 Å². The van der Waals surface area contributed by atoms with E-state index in [2.05, 4.69) is 23.4 Å². The number of H-pyrrole nitrogens is 1. The Morgan fingerprint density at radius 3 is 2.50 bits per heavy atom. The van der Waals surface area contributed by atoms with Gasteiger partial charge in [0.2, 0.25) is 0 Å². The predicted octanol–water partition coefficient (Wildman–Crippen LogP) is 4.32. The molecule has 0 saturated heterocycles. The molecule has 5 heteroatoms. The number of aryl methyl sites for hydroxylation is 2. The average molecular weight is 366 g/mol. The maximum Gasteiger partial charge on any atom is 0.264 e. The van der Waals surface area contributed by atoms with Gasteiger partial charge in [-0.2, -0.15) is 0 Å². The highest BCUT2D eigenvalue weighted by atomic mass is 32.2. The zero-order chi connectivity index (χ0) is 18.7. The molecule has 0 atom stereocenters. The van der Waals surface area contributed by atoms with Gasteiger partial charge in [0, 0.05) is 23.1 Å². The minimum atomic E-state index is -3.63. The summed E-state index contributed by atoms with van der Waals surface area (Å²) in [6.07, 6.45) is 2.00. The number of benzene rings is 2. The molecule has 0 unspecified atom stereocenters. The van der Waals surface area contributed by atoms with E-state index in [9.17, 15) is 8.42 Å². The normalized spacial score (nSPS) is 11.3. The fourth-order valence-electron chi connectivity index (χ4n) is 3.08. The molecule has 0 radical (unpaired) electrons. The molecule has 1 N–H and O–H groups in total. The van der Waals surface area contributed by atoms with Gasteiger partial charge < -0.3 is 4.98 Å². The van der Waals surface area contributed by atoms with Gasteiger partial charge in [-0.1, -0.05) is 42.5 Å². The number of sulfonamides is 1. The molecule has 134 valence electrons. The Kier molecular flexibility index (Phi) is 5.03. The van der Waals surface area contributed by atoms with Crippen LogP contribution in [0.15, 0.2) is 71.9 Å². The molecule has 1 aromatic heterocycles. The lowest BCUT2D eigenvalue weighted by Gasteiger charge is -2.20. The van der Waals surface area contributed by atoms with Crippen LogP contribution < -0.4 is 0 Å². The first-order valence-corrected chi connectivity index (χ1v) is 9.88. The van der Waals surface area contributed by atoms with E-state index in [-0.39, 0.29) is 4.90 Å². The van der Waals surface area contributed by atoms with Crippen molar-refractivity contribution in [3.05, 3.63) is 83.9 Å². The molecule has 0 spiro atoms. The Morgan fingerprint density at radius 1 is 1.12 bits per heavy atom. The maximum absolute atomic E-state index is 13.0. The first-order chi connectivity index (χ1) is 12.4. The van der Waals surface area contributed by atoms with Gasteiger partial charge >= 0.3 is 0 Å². The van der Waals surface area contributed by atoms with E-state index in [0.717, 1.165) is 27.7 Å². The maximum atomic E-state index is 13.0. The SMILES string of the molecule is C=C=CN(CCc1c(C)[nH]c2ccccc12)S(=O)(=O)c1ccc(C)cc1. The summed E-state index contributed by atoms with van der Waals surface area (Å²) in [6, 6.07) is 14.9. The molecular weight excluding hydrogens is 344 g/mol. The highest BCUT2D eigenvalue weighted by Gasteiger charge is 2.22. The van der Waals surface area contributed by atoms with Gasteiger partial charge in [0.05, 0.1) is 11.1 Å². The first kappa shape index (κ1) is 18.1. The van der Waals surface area contributed by atoms with E-state index in [4.69, 9.17) is 0 Å². The quantitative estimate of drug-likeness (QED) is 0.661. The molecule has 0 amide bonds. The van der Waals surface area contributed by atoms with Gasteiger partial charge in [-0.3, -0.25) is 4.31 Å². The number of hydrogen-bond acceptors (Lipinski definition) is 2. The lowest BCUT2D eigenvalue weighted by Crippen LogP contribution is -2.28. The molecule has 0 fully saturated rings. The van der Waals surface area contributed by atoms with Crippen molar-refractivity contribution < 1.29 is 8.42 Å². The summed E-state index contributed by atoms with van der Waals surface area (Å²) in [5.74, 6) is 0. The first-order valence-electron chi connectivity index (χ1n) is 8.44. The van der Waals surface area contributed by atoms with Crippen molar-refractivity contribution in [2.45, 2.75) is 25.2 Å². The largest absolute Gasteiger partial charge is 0.358 e. The topological polar surface area (TPSA) is 53.2 Å². The van der Waals surface area contributed by atoms with Crippen LogP contribution in [0.2, 0.25) is 0 Å². The molecule has 1 heterocycles. The van der Waals surface area contributed by atoms with E-state index >= 15 is 0 Å². The summed E-state index contributed by atoms with van der Waals surface area (Å²) in [4.78, 5) is 3.62. The van der Waals surface area contributed by atoms with Crippen LogP contribution in [0.25, 0.3) is 10.9 Å². The summed E-state index contributed by atoms with van der Waals surface area (Å²) >= 11 is 0. The van der Waals surface area contributed by atoms with Crippen LogP contribution in [0.3, 0.4) is 0 Å². The molecule has 4 nitrogen and oxygen atoms in total. The molecule has 0 aliphatic rings. The van der Waals surface area contributed by atoms with Gasteiger partial charge in [-0.05, 0) is 44.0 Å². The number of nitrogens with zero attached hydrogens (tertiary/aromatic N) is 1. The molecule has 3 rings (SSSR count). The molecular formula is C21H22N2O2S. The van der Waals surface area contributed by atoms with Crippen LogP contribution >= 0.6 is 0 Å². The second-order valence-electron chi connectivity index (χ2n) is 6.29. The molecule has 0 aliphatic carbocycles. The summed E-state index contributed by atoms with van der Waals surface area (Å²) in [7, 11) is -3.63. The van der Waals surface area contributed by atoms with Crippen LogP contribution in [-0.4, -0.2) is 24.3 Å². The molecule has 3 aromatic rings. The van der Waals surface area contributed by atoms with Crippen molar-refractivity contribution >= 4 is 20.9 Å². The number of hydrogen-bond donors (Lipinski definition) is 1. The van der Waals surface area contributed by atoms with Crippen LogP contribution in [0.5, 0.6) is 0 Å². The lowest BCUT2D eigenvalue weighted by atomic mass is 10.1. The van der Waals surface area contributed by atoms with Gasteiger partial charge in [0.15, 0.2) is 0 Å². The zero-order valence-corrected chi connectivity index (χ0v) is 15.8. The minimum absolute atomic E-state index is 0.269. The standard InChI is InChI=1S/C21H22N2O2S/c1-4-14-23(26(24,25)18-11-9-16(2)10-12-18)15-13-19-17(3)22-21-8-6-5-7-20(19)21/h5-12,14,22H,1,13,15H2,2-3H3. The van der Waals surface area contributed by atoms with E-state index in [1.165, 1.54) is 10.5 Å². The molecule has 0 bridgehead atoms. The minimum Gasteiger partial charge on any atom is -0.358 e. The van der Waals surface area contributed by atoms with Crippen molar-refractivity contribution in [3.8, 4) is 0 Å². The van der Waals surface area contributed by atoms with Crippen molar-refractivity contribution in [2.24, 2.45) is 0 Å². The third kappa shape index (κ3) is 3.45. The third-order valence-electron chi connectivity index (χ3n) is 4.47. The zero-order valence-electron chi connectivity index (χ0n) is 15.0. The fraction of sp³-hybridized carbons (Fsp3) is 0.190. The molecule has 0 saturated carbocycles. The third-order valence-corrected chi connectivity index (χ3v) is 6.25. The van der Waals surface area contributed by atoms with Gasteiger partial charge in [0.25, 0.3) is 10.0 Å². The van der Waals surface area contributed by atoms with Crippen LogP contribution in [0, 0.1) is 13.8 Å². The van der Waals surface area contributed by atoms with E-state index in [1.807, 2.05) is 32.0 Å². The van der Waals surface area contributed by atoms with E-state index < -0.39 is 10.0 Å². The predicted molar refractivity (Wildman–Crippen MR) is 106 cm³/mol. The second-order valence-corrected chi connectivity index (χ2v) is 8.18. The number of para-hydroxylation sites is 1. The molecule has 2 aromatic carbocycles. The highest BCUT2D eigenvalue weighted by Crippen LogP contribution is 2.24. The Hall–Kier alpha value is -2.75. The average Bonchev–Trinajstić information content (AvgIpc) is 2.94. The molecule has 26 heavy (non-hydrogen) atoms. The highest BCUT2D eigenvalue weighted by molar-refractivity contribution is 7.89. The number of rotatable bonds is 6. The number of aromatic nitrogens is 1. The van der Waals surface area contributed by atoms with Crippen LogP contribution in [0.1, 0.15) is 16.8 Å². The number of nitrogens with one attached hydrogen (secondary N) is 1. The van der Waals surface area contributed by atoms with Crippen molar-refractivity contribution in [2.75, 3.05) is 6.54 Å². The Labute approximate surface area is 154 Å². The Bertz CT molecular complexity index is 1070. The fourth-order valence-corrected chi connectivity index (χ4v) is 4.38. The van der Waals surface area contributed by atoms with Crippen LogP contribution in [0.4, 0.5) is 0 Å². The van der Waals surface area contributed by atoms with Crippen molar-refractivity contribution in [1.29, 1.82) is 0 Å². The van der Waals surface area contributed by atoms with Gasteiger partial charge in [-0.25, -0.2) is 8.42 Å². The summed E-state index contributed by atoms with van der Waals surface area (Å²) < 4.78 is 27.2. The van der Waals surface area contributed by atoms with Crippen molar-refractivity contribution in [3.63, 3.8) is 0 Å².